The monoisotopic (exact) mass is 108 g/mol. The number of nitrogens with zero attached hydrogens (tertiary/aromatic N) is 2. The molecule has 0 saturated carbocycles. The maximum atomic E-state index is 3.99. The summed E-state index contributed by atoms with van der Waals surface area (Å²) >= 11 is 0. The van der Waals surface area contributed by atoms with Gasteiger partial charge in [-0.15, -0.1) is 0 Å². The first kappa shape index (κ1) is 5.22. The van der Waals surface area contributed by atoms with Gasteiger partial charge in [-0.05, 0) is 13.0 Å². The summed E-state index contributed by atoms with van der Waals surface area (Å²) in [5.41, 5.74) is 0. The fourth-order valence-electron chi connectivity index (χ4n) is 0.563. The second-order valence-electron chi connectivity index (χ2n) is 1.54. The van der Waals surface area contributed by atoms with Crippen molar-refractivity contribution in [3.63, 3.8) is 0 Å². The van der Waals surface area contributed by atoms with Crippen molar-refractivity contribution in [1.29, 1.82) is 0 Å². The fraction of sp³-hybridized carbons (Fsp3) is 0.333. The van der Waals surface area contributed by atoms with Crippen LogP contribution in [0, 0.1) is 0 Å². The van der Waals surface area contributed by atoms with E-state index in [1.54, 1.807) is 12.4 Å². The molecule has 0 atom stereocenters. The van der Waals surface area contributed by atoms with Gasteiger partial charge in [-0.1, -0.05) is 6.08 Å². The van der Waals surface area contributed by atoms with Crippen LogP contribution >= 0.6 is 0 Å². The summed E-state index contributed by atoms with van der Waals surface area (Å²) in [6.45, 7) is 1.96. The molecule has 8 heavy (non-hydrogen) atoms. The minimum Gasteiger partial charge on any atom is -0.261 e. The molecule has 0 fully saturated rings. The first-order valence-electron chi connectivity index (χ1n) is 2.61. The van der Waals surface area contributed by atoms with Crippen LogP contribution in [0.25, 0.3) is 0 Å². The highest BCUT2D eigenvalue weighted by Crippen LogP contribution is 1.96. The molecule has 0 aromatic heterocycles. The Balaban J connectivity index is 2.49. The predicted molar refractivity (Wildman–Crippen MR) is 35.6 cm³/mol. The van der Waals surface area contributed by atoms with Gasteiger partial charge in [0, 0.05) is 12.4 Å². The van der Waals surface area contributed by atoms with Crippen LogP contribution in [0.15, 0.2) is 22.1 Å². The third-order valence-corrected chi connectivity index (χ3v) is 0.909. The van der Waals surface area contributed by atoms with Gasteiger partial charge in [0.05, 0.1) is 0 Å². The maximum Gasteiger partial charge on any atom is 0.158 e. The third-order valence-electron chi connectivity index (χ3n) is 0.909. The van der Waals surface area contributed by atoms with Gasteiger partial charge < -0.3 is 0 Å². The maximum absolute atomic E-state index is 3.99. The van der Waals surface area contributed by atoms with Crippen LogP contribution in [0.3, 0.4) is 0 Å². The van der Waals surface area contributed by atoms with Gasteiger partial charge >= 0.3 is 0 Å². The van der Waals surface area contributed by atoms with Crippen molar-refractivity contribution in [2.45, 2.75) is 13.1 Å². The highest BCUT2D eigenvalue weighted by molar-refractivity contribution is 6.17. The van der Waals surface area contributed by atoms with E-state index in [4.69, 9.17) is 0 Å². The largest absolute Gasteiger partial charge is 0.261 e. The minimum absolute atomic E-state index is 0.0694. The van der Waals surface area contributed by atoms with E-state index in [0.29, 0.717) is 0 Å². The van der Waals surface area contributed by atoms with Crippen molar-refractivity contribution in [1.82, 2.24) is 0 Å². The van der Waals surface area contributed by atoms with E-state index in [2.05, 4.69) is 9.98 Å². The van der Waals surface area contributed by atoms with E-state index >= 15 is 0 Å². The van der Waals surface area contributed by atoms with Gasteiger partial charge in [0.2, 0.25) is 0 Å². The summed E-state index contributed by atoms with van der Waals surface area (Å²) in [5.74, 6) is 0. The van der Waals surface area contributed by atoms with Crippen LogP contribution in [-0.2, 0) is 0 Å². The van der Waals surface area contributed by atoms with Gasteiger partial charge in [0.15, 0.2) is 6.17 Å². The average molecular weight is 108 g/mol. The van der Waals surface area contributed by atoms with Gasteiger partial charge in [0.25, 0.3) is 0 Å². The highest BCUT2D eigenvalue weighted by Gasteiger charge is 1.96. The van der Waals surface area contributed by atoms with Crippen LogP contribution < -0.4 is 0 Å². The molecule has 0 saturated heterocycles. The lowest BCUT2D eigenvalue weighted by Gasteiger charge is -1.89. The summed E-state index contributed by atoms with van der Waals surface area (Å²) in [7, 11) is 0. The Labute approximate surface area is 48.7 Å². The molecular weight excluding hydrogens is 100 g/mol. The molecule has 1 aliphatic rings. The molecule has 0 aromatic carbocycles. The van der Waals surface area contributed by atoms with Crippen LogP contribution in [0.5, 0.6) is 0 Å². The standard InChI is InChI=1S/C6H8N2/c1-2-3-6-7-4-5-8-6/h2-6H,1H3/b3-2-. The van der Waals surface area contributed by atoms with E-state index < -0.39 is 0 Å². The number of rotatable bonds is 1. The highest BCUT2D eigenvalue weighted by atomic mass is 15.0. The van der Waals surface area contributed by atoms with Crippen molar-refractivity contribution < 1.29 is 0 Å². The SMILES string of the molecule is C/C=C\C1N=CC=N1. The van der Waals surface area contributed by atoms with E-state index in [1.165, 1.54) is 0 Å². The summed E-state index contributed by atoms with van der Waals surface area (Å²) in [4.78, 5) is 7.98. The van der Waals surface area contributed by atoms with Crippen molar-refractivity contribution in [3.8, 4) is 0 Å². The zero-order valence-corrected chi connectivity index (χ0v) is 4.78. The second-order valence-corrected chi connectivity index (χ2v) is 1.54. The molecule has 0 bridgehead atoms. The molecule has 0 N–H and O–H groups in total. The van der Waals surface area contributed by atoms with Crippen LogP contribution in [0.4, 0.5) is 0 Å². The van der Waals surface area contributed by atoms with Crippen molar-refractivity contribution in [3.05, 3.63) is 12.2 Å². The van der Waals surface area contributed by atoms with E-state index in [-0.39, 0.29) is 6.17 Å². The molecule has 0 aromatic rings. The van der Waals surface area contributed by atoms with E-state index in [1.807, 2.05) is 19.1 Å². The normalized spacial score (nSPS) is 19.1. The molecule has 42 valence electrons. The molecule has 0 unspecified atom stereocenters. The fourth-order valence-corrected chi connectivity index (χ4v) is 0.563. The van der Waals surface area contributed by atoms with E-state index in [9.17, 15) is 0 Å². The Morgan fingerprint density at radius 3 is 2.50 bits per heavy atom. The molecule has 0 radical (unpaired) electrons. The number of allylic oxidation sites excluding steroid dienone is 1. The second kappa shape index (κ2) is 2.40. The molecule has 2 nitrogen and oxygen atoms in total. The molecule has 1 aliphatic heterocycles. The lowest BCUT2D eigenvalue weighted by Crippen LogP contribution is -1.87. The van der Waals surface area contributed by atoms with Gasteiger partial charge in [-0.3, -0.25) is 9.98 Å². The Morgan fingerprint density at radius 1 is 1.38 bits per heavy atom. The molecule has 2 heteroatoms. The first-order chi connectivity index (χ1) is 3.93. The zero-order valence-electron chi connectivity index (χ0n) is 4.78. The molecule has 0 aliphatic carbocycles. The predicted octanol–water partition coefficient (Wildman–Crippen LogP) is 1.04. The Bertz CT molecular complexity index is 133. The summed E-state index contributed by atoms with van der Waals surface area (Å²) < 4.78 is 0. The number of hydrogen-bond acceptors (Lipinski definition) is 2. The van der Waals surface area contributed by atoms with Crippen molar-refractivity contribution in [2.24, 2.45) is 9.98 Å². The lowest BCUT2D eigenvalue weighted by molar-refractivity contribution is 0.905. The van der Waals surface area contributed by atoms with Crippen LogP contribution in [0.2, 0.25) is 0 Å². The van der Waals surface area contributed by atoms with Gasteiger partial charge in [-0.25, -0.2) is 0 Å². The molecule has 0 amide bonds. The topological polar surface area (TPSA) is 24.7 Å². The van der Waals surface area contributed by atoms with Crippen LogP contribution in [-0.4, -0.2) is 18.6 Å². The smallest absolute Gasteiger partial charge is 0.158 e. The molecule has 1 heterocycles. The van der Waals surface area contributed by atoms with Gasteiger partial charge in [0.1, 0.15) is 0 Å². The third kappa shape index (κ3) is 1.03. The van der Waals surface area contributed by atoms with Crippen molar-refractivity contribution in [2.75, 3.05) is 0 Å². The molecule has 0 spiro atoms. The summed E-state index contributed by atoms with van der Waals surface area (Å²) in [6.07, 6.45) is 7.39. The quantitative estimate of drug-likeness (QED) is 0.448. The van der Waals surface area contributed by atoms with Crippen molar-refractivity contribution >= 4 is 12.4 Å². The minimum atomic E-state index is 0.0694. The van der Waals surface area contributed by atoms with Gasteiger partial charge in [-0.2, -0.15) is 0 Å². The molecule has 1 rings (SSSR count). The Kier molecular flexibility index (Phi) is 1.57. The summed E-state index contributed by atoms with van der Waals surface area (Å²) in [6, 6.07) is 0. The molecular formula is C6H8N2. The van der Waals surface area contributed by atoms with E-state index in [0.717, 1.165) is 0 Å². The number of hydrogen-bond donors (Lipinski definition) is 0. The Hall–Kier alpha value is -0.920. The lowest BCUT2D eigenvalue weighted by atomic mass is 10.4. The average Bonchev–Trinajstić information content (AvgIpc) is 2.19. The Morgan fingerprint density at radius 2 is 2.00 bits per heavy atom. The zero-order chi connectivity index (χ0) is 5.82. The first-order valence-corrected chi connectivity index (χ1v) is 2.61. The number of aliphatic imine (C=N–C) groups is 2. The van der Waals surface area contributed by atoms with Crippen LogP contribution in [0.1, 0.15) is 6.92 Å². The summed E-state index contributed by atoms with van der Waals surface area (Å²) in [5, 5.41) is 0.